The van der Waals surface area contributed by atoms with Crippen LogP contribution in [0.5, 0.6) is 5.75 Å². The molecule has 1 aliphatic rings. The number of fused-ring (bicyclic) bond motifs is 1. The summed E-state index contributed by atoms with van der Waals surface area (Å²) < 4.78 is 42.5. The fraction of sp³-hybridized carbons (Fsp3) is 0.200. The molecule has 3 aromatic heterocycles. The predicted octanol–water partition coefficient (Wildman–Crippen LogP) is 2.28. The van der Waals surface area contributed by atoms with Crippen LogP contribution >= 0.6 is 0 Å². The van der Waals surface area contributed by atoms with Crippen LogP contribution in [-0.2, 0) is 0 Å². The molecule has 4 heterocycles. The first kappa shape index (κ1) is 19.8. The van der Waals surface area contributed by atoms with E-state index in [1.165, 1.54) is 18.3 Å². The van der Waals surface area contributed by atoms with Gasteiger partial charge in [-0.2, -0.15) is 5.10 Å². The van der Waals surface area contributed by atoms with Crippen LogP contribution in [0.15, 0.2) is 58.5 Å². The fourth-order valence-electron chi connectivity index (χ4n) is 3.69. The number of halogens is 3. The maximum absolute atomic E-state index is 12.3. The largest absolute Gasteiger partial charge is 0.573 e. The quantitative estimate of drug-likeness (QED) is 0.500. The summed E-state index contributed by atoms with van der Waals surface area (Å²) in [4.78, 5) is 34.5. The van der Waals surface area contributed by atoms with Crippen LogP contribution in [0.1, 0.15) is 11.5 Å². The highest BCUT2D eigenvalue weighted by atomic mass is 19.4. The van der Waals surface area contributed by atoms with E-state index in [9.17, 15) is 22.8 Å². The van der Waals surface area contributed by atoms with Crippen LogP contribution < -0.4 is 20.9 Å². The summed E-state index contributed by atoms with van der Waals surface area (Å²) in [5, 5.41) is 4.39. The number of H-pyrrole nitrogens is 2. The first-order valence-corrected chi connectivity index (χ1v) is 9.54. The van der Waals surface area contributed by atoms with Crippen molar-refractivity contribution in [2.75, 3.05) is 18.0 Å². The molecule has 164 valence electrons. The van der Waals surface area contributed by atoms with Gasteiger partial charge in [0, 0.05) is 37.6 Å². The van der Waals surface area contributed by atoms with Crippen molar-refractivity contribution in [2.24, 2.45) is 0 Å². The van der Waals surface area contributed by atoms with Crippen LogP contribution in [0.25, 0.3) is 16.9 Å². The topological polar surface area (TPSA) is 108 Å². The summed E-state index contributed by atoms with van der Waals surface area (Å²) >= 11 is 0. The summed E-state index contributed by atoms with van der Waals surface area (Å²) in [7, 11) is 0. The third-order valence-electron chi connectivity index (χ3n) is 5.24. The van der Waals surface area contributed by atoms with Gasteiger partial charge in [-0.15, -0.1) is 13.2 Å². The van der Waals surface area contributed by atoms with Gasteiger partial charge in [0.05, 0.1) is 11.3 Å². The number of hydrogen-bond donors (Lipinski definition) is 2. The second-order valence-corrected chi connectivity index (χ2v) is 7.31. The zero-order valence-corrected chi connectivity index (χ0v) is 16.3. The number of nitrogens with one attached hydrogen (secondary N) is 2. The highest BCUT2D eigenvalue weighted by Crippen LogP contribution is 2.35. The van der Waals surface area contributed by atoms with Crippen molar-refractivity contribution in [1.29, 1.82) is 0 Å². The van der Waals surface area contributed by atoms with Crippen molar-refractivity contribution in [3.05, 3.63) is 75.3 Å². The Kier molecular flexibility index (Phi) is 4.50. The van der Waals surface area contributed by atoms with Gasteiger partial charge in [-0.1, -0.05) is 12.1 Å². The Labute approximate surface area is 177 Å². The van der Waals surface area contributed by atoms with E-state index in [2.05, 4.69) is 24.8 Å². The number of anilines is 1. The number of ether oxygens (including phenoxy) is 1. The van der Waals surface area contributed by atoms with E-state index >= 15 is 0 Å². The van der Waals surface area contributed by atoms with Crippen LogP contribution in [0, 0.1) is 0 Å². The lowest BCUT2D eigenvalue weighted by atomic mass is 9.91. The van der Waals surface area contributed by atoms with E-state index in [1.807, 2.05) is 4.90 Å². The third kappa shape index (κ3) is 3.70. The first-order valence-electron chi connectivity index (χ1n) is 9.54. The van der Waals surface area contributed by atoms with E-state index in [1.54, 1.807) is 35.1 Å². The van der Waals surface area contributed by atoms with Crippen molar-refractivity contribution in [3.63, 3.8) is 0 Å². The molecule has 12 heteroatoms. The monoisotopic (exact) mass is 444 g/mol. The SMILES string of the molecule is O=c1[nH]cc(-c2cc(N3CC(c4ccc(OC(F)(F)F)cc4)C3)c3nccn3n2)c(=O)[nH]1. The summed E-state index contributed by atoms with van der Waals surface area (Å²) in [6.07, 6.45) is -0.182. The van der Waals surface area contributed by atoms with E-state index in [-0.39, 0.29) is 17.2 Å². The van der Waals surface area contributed by atoms with Gasteiger partial charge in [-0.25, -0.2) is 14.3 Å². The van der Waals surface area contributed by atoms with Crippen molar-refractivity contribution < 1.29 is 17.9 Å². The second-order valence-electron chi connectivity index (χ2n) is 7.31. The van der Waals surface area contributed by atoms with Crippen molar-refractivity contribution in [1.82, 2.24) is 24.6 Å². The predicted molar refractivity (Wildman–Crippen MR) is 108 cm³/mol. The Hall–Kier alpha value is -4.09. The van der Waals surface area contributed by atoms with Gasteiger partial charge in [0.15, 0.2) is 5.65 Å². The molecule has 1 fully saturated rings. The molecular formula is C20H15F3N6O3. The second kappa shape index (κ2) is 7.25. The molecule has 4 aromatic rings. The number of rotatable bonds is 4. The maximum atomic E-state index is 12.3. The number of aromatic nitrogens is 5. The summed E-state index contributed by atoms with van der Waals surface area (Å²) in [5.41, 5.74) is 1.63. The molecule has 1 aromatic carbocycles. The Morgan fingerprint density at radius 1 is 1.12 bits per heavy atom. The van der Waals surface area contributed by atoms with Crippen molar-refractivity contribution >= 4 is 11.3 Å². The smallest absolute Gasteiger partial charge is 0.406 e. The van der Waals surface area contributed by atoms with Gasteiger partial charge in [-0.05, 0) is 23.8 Å². The molecule has 0 aliphatic carbocycles. The van der Waals surface area contributed by atoms with E-state index in [0.717, 1.165) is 11.3 Å². The molecule has 1 saturated heterocycles. The highest BCUT2D eigenvalue weighted by molar-refractivity contribution is 5.75. The number of hydrogen-bond acceptors (Lipinski definition) is 6. The zero-order valence-electron chi connectivity index (χ0n) is 16.3. The summed E-state index contributed by atoms with van der Waals surface area (Å²) in [6, 6.07) is 7.55. The molecule has 9 nitrogen and oxygen atoms in total. The molecule has 1 aliphatic heterocycles. The Morgan fingerprint density at radius 3 is 2.56 bits per heavy atom. The first-order chi connectivity index (χ1) is 15.3. The highest BCUT2D eigenvalue weighted by Gasteiger charge is 2.33. The van der Waals surface area contributed by atoms with Gasteiger partial charge in [-0.3, -0.25) is 9.78 Å². The van der Waals surface area contributed by atoms with Gasteiger partial charge in [0.25, 0.3) is 5.56 Å². The molecule has 0 radical (unpaired) electrons. The fourth-order valence-corrected chi connectivity index (χ4v) is 3.69. The van der Waals surface area contributed by atoms with E-state index in [0.29, 0.717) is 24.4 Å². The van der Waals surface area contributed by atoms with Crippen molar-refractivity contribution in [2.45, 2.75) is 12.3 Å². The lowest BCUT2D eigenvalue weighted by Crippen LogP contribution is -2.45. The van der Waals surface area contributed by atoms with Gasteiger partial charge < -0.3 is 14.6 Å². The van der Waals surface area contributed by atoms with Crippen LogP contribution in [0.2, 0.25) is 0 Å². The van der Waals surface area contributed by atoms with E-state index < -0.39 is 17.6 Å². The summed E-state index contributed by atoms with van der Waals surface area (Å²) in [5.74, 6) is -0.153. The molecular weight excluding hydrogens is 429 g/mol. The minimum Gasteiger partial charge on any atom is -0.406 e. The minimum absolute atomic E-state index is 0.109. The number of alkyl halides is 3. The van der Waals surface area contributed by atoms with Crippen LogP contribution in [-0.4, -0.2) is 44.0 Å². The van der Waals surface area contributed by atoms with Gasteiger partial charge in [0.1, 0.15) is 11.4 Å². The number of imidazole rings is 1. The standard InChI is InChI=1S/C20H15F3N6O3/c21-20(22,23)32-13-3-1-11(2-4-13)12-9-28(10-12)16-7-15(27-29-6-5-24-17(16)29)14-8-25-19(31)26-18(14)30/h1-8,12H,9-10H2,(H2,25,26,30,31). The van der Waals surface area contributed by atoms with Crippen LogP contribution in [0.3, 0.4) is 0 Å². The lowest BCUT2D eigenvalue weighted by molar-refractivity contribution is -0.274. The molecule has 32 heavy (non-hydrogen) atoms. The van der Waals surface area contributed by atoms with Gasteiger partial charge >= 0.3 is 12.1 Å². The Bertz CT molecular complexity index is 1400. The molecule has 0 atom stereocenters. The molecule has 2 N–H and O–H groups in total. The summed E-state index contributed by atoms with van der Waals surface area (Å²) in [6.45, 7) is 1.21. The molecule has 0 bridgehead atoms. The molecule has 0 spiro atoms. The molecule has 0 saturated carbocycles. The van der Waals surface area contributed by atoms with Gasteiger partial charge in [0.2, 0.25) is 0 Å². The third-order valence-corrected chi connectivity index (χ3v) is 5.24. The Balaban J connectivity index is 1.40. The molecule has 0 unspecified atom stereocenters. The zero-order chi connectivity index (χ0) is 22.5. The Morgan fingerprint density at radius 2 is 1.88 bits per heavy atom. The number of nitrogens with zero attached hydrogens (tertiary/aromatic N) is 4. The maximum Gasteiger partial charge on any atom is 0.573 e. The lowest BCUT2D eigenvalue weighted by Gasteiger charge is -2.41. The normalized spacial score (nSPS) is 14.5. The number of aromatic amines is 2. The average molecular weight is 444 g/mol. The molecule has 0 amide bonds. The minimum atomic E-state index is -4.73. The van der Waals surface area contributed by atoms with Crippen LogP contribution in [0.4, 0.5) is 18.9 Å². The van der Waals surface area contributed by atoms with Crippen molar-refractivity contribution in [3.8, 4) is 17.0 Å². The average Bonchev–Trinajstić information content (AvgIpc) is 3.15. The number of benzene rings is 1. The molecule has 5 rings (SSSR count). The van der Waals surface area contributed by atoms with E-state index in [4.69, 9.17) is 0 Å².